The molecule has 6 heteroatoms. The molecule has 166 valence electrons. The quantitative estimate of drug-likeness (QED) is 0.370. The Labute approximate surface area is 191 Å². The van der Waals surface area contributed by atoms with Gasteiger partial charge in [-0.15, -0.1) is 0 Å². The first-order valence-electron chi connectivity index (χ1n) is 10.5. The molecule has 1 aliphatic carbocycles. The highest BCUT2D eigenvalue weighted by Gasteiger charge is 2.60. The zero-order valence-electron chi connectivity index (χ0n) is 17.7. The van der Waals surface area contributed by atoms with Gasteiger partial charge in [0.15, 0.2) is 0 Å². The lowest BCUT2D eigenvalue weighted by Gasteiger charge is -2.46. The zero-order valence-corrected chi connectivity index (χ0v) is 18.5. The van der Waals surface area contributed by atoms with Crippen LogP contribution >= 0.6 is 11.6 Å². The first-order valence-corrected chi connectivity index (χ1v) is 10.8. The van der Waals surface area contributed by atoms with Crippen LogP contribution in [0.5, 0.6) is 0 Å². The minimum atomic E-state index is -2.86. The Bertz CT molecular complexity index is 1040. The molecule has 3 aromatic carbocycles. The van der Waals surface area contributed by atoms with E-state index in [0.29, 0.717) is 29.4 Å². The average Bonchev–Trinajstić information content (AvgIpc) is 2.73. The van der Waals surface area contributed by atoms with Crippen molar-refractivity contribution < 1.29 is 18.3 Å². The number of alkyl halides is 2. The first-order chi connectivity index (χ1) is 15.3. The van der Waals surface area contributed by atoms with Crippen LogP contribution in [0.4, 0.5) is 14.5 Å². The van der Waals surface area contributed by atoms with E-state index in [9.17, 15) is 13.6 Å². The number of carbonyl (C=O) groups excluding carboxylic acids is 1. The number of hydrogen-bond donors (Lipinski definition) is 0. The molecule has 0 aliphatic heterocycles. The second-order valence-electron chi connectivity index (χ2n) is 8.29. The molecule has 4 rings (SSSR count). The van der Waals surface area contributed by atoms with E-state index in [1.54, 1.807) is 18.2 Å². The van der Waals surface area contributed by atoms with Gasteiger partial charge in [-0.2, -0.15) is 0 Å². The molecular formula is C26H24ClF2NO2. The summed E-state index contributed by atoms with van der Waals surface area (Å²) in [4.78, 5) is 13.8. The molecule has 3 nitrogen and oxygen atoms in total. The van der Waals surface area contributed by atoms with Crippen molar-refractivity contribution in [2.75, 3.05) is 4.90 Å². The lowest BCUT2D eigenvalue weighted by atomic mass is 9.71. The number of halogens is 3. The van der Waals surface area contributed by atoms with Crippen molar-refractivity contribution in [2.45, 2.75) is 44.4 Å². The highest BCUT2D eigenvalue weighted by Crippen LogP contribution is 2.55. The molecule has 0 aromatic heterocycles. The summed E-state index contributed by atoms with van der Waals surface area (Å²) in [6, 6.07) is 25.1. The number of esters is 1. The van der Waals surface area contributed by atoms with E-state index >= 15 is 0 Å². The summed E-state index contributed by atoms with van der Waals surface area (Å²) < 4.78 is 33.1. The van der Waals surface area contributed by atoms with Crippen LogP contribution in [0.1, 0.15) is 36.5 Å². The van der Waals surface area contributed by atoms with Gasteiger partial charge in [-0.3, -0.25) is 4.79 Å². The Kier molecular flexibility index (Phi) is 6.20. The summed E-state index contributed by atoms with van der Waals surface area (Å²) in [5, 5.41) is 0.504. The van der Waals surface area contributed by atoms with Crippen molar-refractivity contribution in [3.05, 3.63) is 101 Å². The van der Waals surface area contributed by atoms with E-state index in [4.69, 9.17) is 16.3 Å². The molecule has 32 heavy (non-hydrogen) atoms. The second kappa shape index (κ2) is 8.91. The standard InChI is InChI=1S/C26H24ClF2NO2/c1-19(31)32-25(17-26(28,29)18-25)22-12-13-23(27)24(14-22)30(15-20-8-4-2-5-9-20)16-21-10-6-3-7-11-21/h2-14H,15-18H2,1H3. The Morgan fingerprint density at radius 1 is 0.938 bits per heavy atom. The number of rotatable bonds is 7. The maximum absolute atomic E-state index is 13.9. The normalized spacial score (nSPS) is 16.1. The van der Waals surface area contributed by atoms with Crippen LogP contribution in [0.3, 0.4) is 0 Å². The number of benzene rings is 3. The summed E-state index contributed by atoms with van der Waals surface area (Å²) >= 11 is 6.60. The van der Waals surface area contributed by atoms with Crippen molar-refractivity contribution in [1.82, 2.24) is 0 Å². The first kappa shape index (κ1) is 22.3. The minimum absolute atomic E-state index is 0.504. The van der Waals surface area contributed by atoms with E-state index in [-0.39, 0.29) is 0 Å². The molecule has 0 atom stereocenters. The molecule has 0 spiro atoms. The highest BCUT2D eigenvalue weighted by atomic mass is 35.5. The van der Waals surface area contributed by atoms with Crippen molar-refractivity contribution in [1.29, 1.82) is 0 Å². The number of carbonyl (C=O) groups is 1. The Balaban J connectivity index is 1.72. The number of hydrogen-bond acceptors (Lipinski definition) is 3. The number of ether oxygens (including phenoxy) is 1. The maximum atomic E-state index is 13.9. The third kappa shape index (κ3) is 4.94. The van der Waals surface area contributed by atoms with Crippen LogP contribution in [-0.4, -0.2) is 11.9 Å². The van der Waals surface area contributed by atoms with Crippen LogP contribution in [0.2, 0.25) is 5.02 Å². The topological polar surface area (TPSA) is 29.5 Å². The molecule has 1 fully saturated rings. The third-order valence-electron chi connectivity index (χ3n) is 5.67. The van der Waals surface area contributed by atoms with Gasteiger partial charge in [0, 0.05) is 20.0 Å². The molecule has 0 unspecified atom stereocenters. The van der Waals surface area contributed by atoms with Crippen LogP contribution in [0.15, 0.2) is 78.9 Å². The van der Waals surface area contributed by atoms with Gasteiger partial charge >= 0.3 is 5.97 Å². The fraction of sp³-hybridized carbons (Fsp3) is 0.269. The van der Waals surface area contributed by atoms with Gasteiger partial charge in [0.1, 0.15) is 5.60 Å². The zero-order chi connectivity index (χ0) is 22.8. The molecule has 0 radical (unpaired) electrons. The second-order valence-corrected chi connectivity index (χ2v) is 8.70. The third-order valence-corrected chi connectivity index (χ3v) is 5.99. The SMILES string of the molecule is CC(=O)OC1(c2ccc(Cl)c(N(Cc3ccccc3)Cc3ccccc3)c2)CC(F)(F)C1. The Morgan fingerprint density at radius 3 is 1.94 bits per heavy atom. The number of anilines is 1. The van der Waals surface area contributed by atoms with Crippen LogP contribution in [0.25, 0.3) is 0 Å². The van der Waals surface area contributed by atoms with Gasteiger partial charge in [0.25, 0.3) is 5.92 Å². The molecule has 1 aliphatic rings. The van der Waals surface area contributed by atoms with Crippen molar-refractivity contribution in [2.24, 2.45) is 0 Å². The van der Waals surface area contributed by atoms with Crippen LogP contribution in [0, 0.1) is 0 Å². The molecule has 0 heterocycles. The van der Waals surface area contributed by atoms with E-state index in [0.717, 1.165) is 11.1 Å². The fourth-order valence-corrected chi connectivity index (χ4v) is 4.50. The summed E-state index contributed by atoms with van der Waals surface area (Å²) in [7, 11) is 0. The molecule has 1 saturated carbocycles. The largest absolute Gasteiger partial charge is 0.454 e. The van der Waals surface area contributed by atoms with Crippen LogP contribution in [-0.2, 0) is 28.2 Å². The lowest BCUT2D eigenvalue weighted by Crippen LogP contribution is -2.51. The monoisotopic (exact) mass is 455 g/mol. The van der Waals surface area contributed by atoms with Gasteiger partial charge in [0.2, 0.25) is 0 Å². The molecule has 0 bridgehead atoms. The summed E-state index contributed by atoms with van der Waals surface area (Å²) in [5.74, 6) is -3.44. The van der Waals surface area contributed by atoms with E-state index in [1.165, 1.54) is 6.92 Å². The molecule has 0 saturated heterocycles. The molecule has 3 aromatic rings. The van der Waals surface area contributed by atoms with Gasteiger partial charge in [0.05, 0.1) is 23.6 Å². The van der Waals surface area contributed by atoms with E-state index in [2.05, 4.69) is 4.90 Å². The number of nitrogens with zero attached hydrogens (tertiary/aromatic N) is 1. The molecule has 0 amide bonds. The minimum Gasteiger partial charge on any atom is -0.454 e. The van der Waals surface area contributed by atoms with Crippen molar-refractivity contribution in [3.8, 4) is 0 Å². The van der Waals surface area contributed by atoms with Crippen LogP contribution < -0.4 is 4.90 Å². The summed E-state index contributed by atoms with van der Waals surface area (Å²) in [6.07, 6.45) is -1.06. The van der Waals surface area contributed by atoms with Gasteiger partial charge in [-0.1, -0.05) is 78.3 Å². The van der Waals surface area contributed by atoms with E-state index < -0.39 is 30.3 Å². The van der Waals surface area contributed by atoms with Crippen molar-refractivity contribution >= 4 is 23.3 Å². The fourth-order valence-electron chi connectivity index (χ4n) is 4.27. The summed E-state index contributed by atoms with van der Waals surface area (Å²) in [5.41, 5.74) is 2.09. The predicted octanol–water partition coefficient (Wildman–Crippen LogP) is 6.73. The smallest absolute Gasteiger partial charge is 0.303 e. The molecule has 0 N–H and O–H groups in total. The highest BCUT2D eigenvalue weighted by molar-refractivity contribution is 6.33. The van der Waals surface area contributed by atoms with Gasteiger partial charge < -0.3 is 9.64 Å². The van der Waals surface area contributed by atoms with Crippen molar-refractivity contribution in [3.63, 3.8) is 0 Å². The Hall–Kier alpha value is -2.92. The maximum Gasteiger partial charge on any atom is 0.303 e. The molecular weight excluding hydrogens is 432 g/mol. The van der Waals surface area contributed by atoms with E-state index in [1.807, 2.05) is 60.7 Å². The average molecular weight is 456 g/mol. The lowest BCUT2D eigenvalue weighted by molar-refractivity contribution is -0.230. The van der Waals surface area contributed by atoms with Gasteiger partial charge in [-0.25, -0.2) is 8.78 Å². The Morgan fingerprint density at radius 2 is 1.47 bits per heavy atom. The predicted molar refractivity (Wildman–Crippen MR) is 122 cm³/mol. The summed E-state index contributed by atoms with van der Waals surface area (Å²) in [6.45, 7) is 2.40. The van der Waals surface area contributed by atoms with Gasteiger partial charge in [-0.05, 0) is 28.8 Å².